The standard InChI is InChI=1S/C18H21N5O/c1-11-7-5-6-8-15(11)23-16(24)10-14(4)21-18(23)22-17-19-12(2)9-13(3)20-17/h5-10,18,21H,1-4H3,(H,19,20,22). The highest BCUT2D eigenvalue weighted by Crippen LogP contribution is 2.24. The van der Waals surface area contributed by atoms with Crippen molar-refractivity contribution < 1.29 is 4.79 Å². The number of aromatic nitrogens is 2. The molecular weight excluding hydrogens is 302 g/mol. The number of amides is 1. The molecule has 1 aromatic heterocycles. The van der Waals surface area contributed by atoms with Crippen molar-refractivity contribution in [1.29, 1.82) is 0 Å². The van der Waals surface area contributed by atoms with E-state index >= 15 is 0 Å². The van der Waals surface area contributed by atoms with Gasteiger partial charge in [-0.15, -0.1) is 0 Å². The van der Waals surface area contributed by atoms with Gasteiger partial charge in [-0.05, 0) is 45.4 Å². The molecule has 0 aliphatic carbocycles. The Kier molecular flexibility index (Phi) is 4.20. The van der Waals surface area contributed by atoms with Crippen LogP contribution in [0.25, 0.3) is 0 Å². The van der Waals surface area contributed by atoms with E-state index in [0.29, 0.717) is 5.95 Å². The van der Waals surface area contributed by atoms with E-state index in [0.717, 1.165) is 28.3 Å². The van der Waals surface area contributed by atoms with E-state index < -0.39 is 6.29 Å². The molecule has 6 heteroatoms. The van der Waals surface area contributed by atoms with Crippen molar-refractivity contribution in [3.8, 4) is 0 Å². The third-order valence-corrected chi connectivity index (χ3v) is 3.82. The maximum atomic E-state index is 12.6. The summed E-state index contributed by atoms with van der Waals surface area (Å²) in [4.78, 5) is 23.1. The lowest BCUT2D eigenvalue weighted by molar-refractivity contribution is -0.115. The lowest BCUT2D eigenvalue weighted by Crippen LogP contribution is -2.56. The monoisotopic (exact) mass is 323 g/mol. The van der Waals surface area contributed by atoms with Gasteiger partial charge in [0.1, 0.15) is 0 Å². The molecular formula is C18H21N5O. The van der Waals surface area contributed by atoms with Crippen molar-refractivity contribution in [2.24, 2.45) is 0 Å². The molecule has 0 bridgehead atoms. The van der Waals surface area contributed by atoms with Gasteiger partial charge in [0.05, 0.1) is 5.69 Å². The topological polar surface area (TPSA) is 70.2 Å². The zero-order chi connectivity index (χ0) is 17.3. The van der Waals surface area contributed by atoms with E-state index in [4.69, 9.17) is 0 Å². The number of hydrogen-bond acceptors (Lipinski definition) is 5. The summed E-state index contributed by atoms with van der Waals surface area (Å²) in [6, 6.07) is 9.70. The van der Waals surface area contributed by atoms with E-state index in [1.54, 1.807) is 11.0 Å². The Labute approximate surface area is 141 Å². The molecule has 1 aromatic carbocycles. The lowest BCUT2D eigenvalue weighted by Gasteiger charge is -2.36. The Morgan fingerprint density at radius 3 is 2.42 bits per heavy atom. The van der Waals surface area contributed by atoms with Gasteiger partial charge in [-0.1, -0.05) is 18.2 Å². The van der Waals surface area contributed by atoms with Crippen LogP contribution in [-0.4, -0.2) is 22.2 Å². The van der Waals surface area contributed by atoms with Crippen molar-refractivity contribution in [2.75, 3.05) is 10.2 Å². The molecule has 1 amide bonds. The summed E-state index contributed by atoms with van der Waals surface area (Å²) < 4.78 is 0. The molecule has 0 fully saturated rings. The lowest BCUT2D eigenvalue weighted by atomic mass is 10.1. The van der Waals surface area contributed by atoms with E-state index in [1.807, 2.05) is 58.0 Å². The van der Waals surface area contributed by atoms with Crippen LogP contribution >= 0.6 is 0 Å². The predicted molar refractivity (Wildman–Crippen MR) is 94.5 cm³/mol. The van der Waals surface area contributed by atoms with Gasteiger partial charge in [-0.2, -0.15) is 0 Å². The fourth-order valence-corrected chi connectivity index (χ4v) is 2.81. The number of para-hydroxylation sites is 1. The highest BCUT2D eigenvalue weighted by atomic mass is 16.2. The third kappa shape index (κ3) is 3.22. The molecule has 3 rings (SSSR count). The number of rotatable bonds is 3. The van der Waals surface area contributed by atoms with Crippen LogP contribution in [0.15, 0.2) is 42.1 Å². The first-order chi connectivity index (χ1) is 11.4. The Balaban J connectivity index is 1.98. The van der Waals surface area contributed by atoms with Crippen LogP contribution in [0.3, 0.4) is 0 Å². The first kappa shape index (κ1) is 16.0. The highest BCUT2D eigenvalue weighted by molar-refractivity contribution is 6.03. The first-order valence-electron chi connectivity index (χ1n) is 7.86. The molecule has 0 spiro atoms. The molecule has 1 atom stereocenters. The molecule has 124 valence electrons. The van der Waals surface area contributed by atoms with Gasteiger partial charge < -0.3 is 10.6 Å². The number of aryl methyl sites for hydroxylation is 3. The van der Waals surface area contributed by atoms with Gasteiger partial charge in [0, 0.05) is 23.2 Å². The maximum Gasteiger partial charge on any atom is 0.255 e. The normalized spacial score (nSPS) is 17.3. The highest BCUT2D eigenvalue weighted by Gasteiger charge is 2.29. The third-order valence-electron chi connectivity index (χ3n) is 3.82. The number of nitrogens with one attached hydrogen (secondary N) is 2. The van der Waals surface area contributed by atoms with Crippen LogP contribution in [0.5, 0.6) is 0 Å². The van der Waals surface area contributed by atoms with Crippen LogP contribution in [0, 0.1) is 20.8 Å². The quantitative estimate of drug-likeness (QED) is 0.909. The molecule has 2 aromatic rings. The van der Waals surface area contributed by atoms with Crippen LogP contribution in [0.1, 0.15) is 23.9 Å². The molecule has 1 aliphatic heterocycles. The molecule has 1 unspecified atom stereocenters. The summed E-state index contributed by atoms with van der Waals surface area (Å²) in [6.07, 6.45) is 1.14. The van der Waals surface area contributed by atoms with Crippen molar-refractivity contribution in [3.63, 3.8) is 0 Å². The van der Waals surface area contributed by atoms with Gasteiger partial charge in [-0.25, -0.2) is 9.97 Å². The molecule has 0 radical (unpaired) electrons. The number of hydrogen-bond donors (Lipinski definition) is 2. The molecule has 24 heavy (non-hydrogen) atoms. The van der Waals surface area contributed by atoms with Gasteiger partial charge >= 0.3 is 0 Å². The van der Waals surface area contributed by atoms with Crippen molar-refractivity contribution in [3.05, 3.63) is 59.1 Å². The Morgan fingerprint density at radius 2 is 1.75 bits per heavy atom. The number of nitrogens with zero attached hydrogens (tertiary/aromatic N) is 3. The van der Waals surface area contributed by atoms with Gasteiger partial charge in [0.2, 0.25) is 5.95 Å². The van der Waals surface area contributed by atoms with Crippen molar-refractivity contribution in [1.82, 2.24) is 15.3 Å². The second-order valence-corrected chi connectivity index (χ2v) is 5.99. The van der Waals surface area contributed by atoms with E-state index in [9.17, 15) is 4.79 Å². The zero-order valence-electron chi connectivity index (χ0n) is 14.3. The van der Waals surface area contributed by atoms with Crippen LogP contribution in [0.2, 0.25) is 0 Å². The molecule has 6 nitrogen and oxygen atoms in total. The molecule has 1 aliphatic rings. The van der Waals surface area contributed by atoms with E-state index in [1.165, 1.54) is 0 Å². The van der Waals surface area contributed by atoms with Gasteiger partial charge in [0.25, 0.3) is 5.91 Å². The Morgan fingerprint density at radius 1 is 1.08 bits per heavy atom. The number of anilines is 2. The summed E-state index contributed by atoms with van der Waals surface area (Å²) in [5.41, 5.74) is 4.42. The van der Waals surface area contributed by atoms with Gasteiger partial charge in [0.15, 0.2) is 6.29 Å². The van der Waals surface area contributed by atoms with Crippen LogP contribution in [0.4, 0.5) is 11.6 Å². The smallest absolute Gasteiger partial charge is 0.255 e. The summed E-state index contributed by atoms with van der Waals surface area (Å²) in [5.74, 6) is 0.411. The second kappa shape index (κ2) is 6.31. The number of benzene rings is 1. The Hall–Kier alpha value is -2.89. The predicted octanol–water partition coefficient (Wildman–Crippen LogP) is 2.64. The van der Waals surface area contributed by atoms with Crippen molar-refractivity contribution >= 4 is 17.5 Å². The van der Waals surface area contributed by atoms with Crippen molar-refractivity contribution in [2.45, 2.75) is 34.0 Å². The molecule has 0 saturated carbocycles. The summed E-state index contributed by atoms with van der Waals surface area (Å²) >= 11 is 0. The molecule has 2 N–H and O–H groups in total. The van der Waals surface area contributed by atoms with E-state index in [-0.39, 0.29) is 5.91 Å². The maximum absolute atomic E-state index is 12.6. The second-order valence-electron chi connectivity index (χ2n) is 5.99. The number of carbonyl (C=O) groups is 1. The average molecular weight is 323 g/mol. The number of carbonyl (C=O) groups excluding carboxylic acids is 1. The minimum absolute atomic E-state index is 0.0811. The average Bonchev–Trinajstić information content (AvgIpc) is 2.47. The van der Waals surface area contributed by atoms with E-state index in [2.05, 4.69) is 20.6 Å². The summed E-state index contributed by atoms with van der Waals surface area (Å²) in [5, 5.41) is 6.52. The summed E-state index contributed by atoms with van der Waals surface area (Å²) in [7, 11) is 0. The fraction of sp³-hybridized carbons (Fsp3) is 0.278. The largest absolute Gasteiger partial charge is 0.351 e. The number of allylic oxidation sites excluding steroid dienone is 1. The SMILES string of the molecule is CC1=CC(=O)N(c2ccccc2C)C(Nc2nc(C)cc(C)n2)N1. The first-order valence-corrected chi connectivity index (χ1v) is 7.86. The van der Waals surface area contributed by atoms with Crippen LogP contribution in [-0.2, 0) is 4.79 Å². The summed E-state index contributed by atoms with van der Waals surface area (Å²) in [6.45, 7) is 7.69. The minimum atomic E-state index is -0.454. The fourth-order valence-electron chi connectivity index (χ4n) is 2.81. The minimum Gasteiger partial charge on any atom is -0.351 e. The van der Waals surface area contributed by atoms with Crippen LogP contribution < -0.4 is 15.5 Å². The Bertz CT molecular complexity index is 795. The van der Waals surface area contributed by atoms with Gasteiger partial charge in [-0.3, -0.25) is 9.69 Å². The molecule has 0 saturated heterocycles. The molecule has 2 heterocycles. The zero-order valence-corrected chi connectivity index (χ0v) is 14.3.